The molecule has 1 N–H and O–H groups in total. The highest BCUT2D eigenvalue weighted by molar-refractivity contribution is 6.08. The lowest BCUT2D eigenvalue weighted by molar-refractivity contribution is 0.102. The summed E-state index contributed by atoms with van der Waals surface area (Å²) in [7, 11) is 6.70. The molecule has 3 aromatic heterocycles. The van der Waals surface area contributed by atoms with Crippen LogP contribution in [0.2, 0.25) is 0 Å². The lowest BCUT2D eigenvalue weighted by Gasteiger charge is -2.15. The molecule has 0 bridgehead atoms. The van der Waals surface area contributed by atoms with Gasteiger partial charge in [-0.3, -0.25) is 18.7 Å². The van der Waals surface area contributed by atoms with E-state index in [2.05, 4.69) is 20.5 Å². The van der Waals surface area contributed by atoms with Crippen molar-refractivity contribution in [2.45, 2.75) is 0 Å². The molecule has 5 rings (SSSR count). The standard InChI is InChI=1S/C24H23N7O3/c1-29-12-16(10-26-29)15-5-6-20-19(7-15)25-14-31(20)18-8-21(33-3)23(22(9-18)34-4)24(32)28-17-11-27-30(2)13-17/h5-14H,1-4H3,(H,28,32). The number of hydrogen-bond donors (Lipinski definition) is 1. The molecule has 5 aromatic rings. The van der Waals surface area contributed by atoms with Crippen LogP contribution in [-0.2, 0) is 14.1 Å². The maximum absolute atomic E-state index is 13.0. The number of carbonyl (C=O) groups excluding carboxylic acids is 1. The first kappa shape index (κ1) is 21.3. The zero-order chi connectivity index (χ0) is 23.8. The van der Waals surface area contributed by atoms with E-state index in [9.17, 15) is 4.79 Å². The summed E-state index contributed by atoms with van der Waals surface area (Å²) in [5, 5.41) is 11.1. The normalized spacial score (nSPS) is 11.1. The molecule has 172 valence electrons. The maximum atomic E-state index is 13.0. The monoisotopic (exact) mass is 457 g/mol. The Kier molecular flexibility index (Phi) is 5.25. The van der Waals surface area contributed by atoms with Crippen molar-refractivity contribution in [2.24, 2.45) is 14.1 Å². The Morgan fingerprint density at radius 1 is 0.912 bits per heavy atom. The van der Waals surface area contributed by atoms with Gasteiger partial charge in [0.2, 0.25) is 0 Å². The second-order valence-corrected chi connectivity index (χ2v) is 7.80. The van der Waals surface area contributed by atoms with Crippen molar-refractivity contribution in [3.63, 3.8) is 0 Å². The summed E-state index contributed by atoms with van der Waals surface area (Å²) in [5.41, 5.74) is 5.41. The van der Waals surface area contributed by atoms with E-state index in [0.29, 0.717) is 22.7 Å². The van der Waals surface area contributed by atoms with Gasteiger partial charge in [-0.05, 0) is 17.7 Å². The zero-order valence-corrected chi connectivity index (χ0v) is 19.2. The molecular weight excluding hydrogens is 434 g/mol. The summed E-state index contributed by atoms with van der Waals surface area (Å²) in [5.74, 6) is 0.402. The number of benzene rings is 2. The second kappa shape index (κ2) is 8.39. The van der Waals surface area contributed by atoms with Crippen molar-refractivity contribution in [1.82, 2.24) is 29.1 Å². The number of aromatic nitrogens is 6. The third-order valence-corrected chi connectivity index (χ3v) is 5.54. The van der Waals surface area contributed by atoms with E-state index in [1.165, 1.54) is 14.2 Å². The number of amides is 1. The van der Waals surface area contributed by atoms with Crippen LogP contribution in [-0.4, -0.2) is 49.2 Å². The lowest BCUT2D eigenvalue weighted by Crippen LogP contribution is -2.15. The first-order valence-corrected chi connectivity index (χ1v) is 10.5. The van der Waals surface area contributed by atoms with Crippen molar-refractivity contribution in [1.29, 1.82) is 0 Å². The molecule has 1 amide bonds. The highest BCUT2D eigenvalue weighted by Crippen LogP contribution is 2.34. The minimum atomic E-state index is -0.357. The van der Waals surface area contributed by atoms with Gasteiger partial charge in [0.15, 0.2) is 0 Å². The van der Waals surface area contributed by atoms with Gasteiger partial charge in [-0.25, -0.2) is 4.98 Å². The summed E-state index contributed by atoms with van der Waals surface area (Å²) in [6.45, 7) is 0. The number of methoxy groups -OCH3 is 2. The molecule has 10 heteroatoms. The highest BCUT2D eigenvalue weighted by atomic mass is 16.5. The quantitative estimate of drug-likeness (QED) is 0.419. The zero-order valence-electron chi connectivity index (χ0n) is 19.2. The van der Waals surface area contributed by atoms with Gasteiger partial charge in [0.1, 0.15) is 23.4 Å². The van der Waals surface area contributed by atoms with Gasteiger partial charge < -0.3 is 14.8 Å². The minimum Gasteiger partial charge on any atom is -0.496 e. The lowest BCUT2D eigenvalue weighted by atomic mass is 10.1. The number of fused-ring (bicyclic) bond motifs is 1. The Labute approximate surface area is 195 Å². The SMILES string of the molecule is COc1cc(-n2cnc3cc(-c4cnn(C)c4)ccc32)cc(OC)c1C(=O)Nc1cnn(C)c1. The van der Waals surface area contributed by atoms with Crippen molar-refractivity contribution < 1.29 is 14.3 Å². The van der Waals surface area contributed by atoms with Gasteiger partial charge in [-0.1, -0.05) is 6.07 Å². The molecule has 0 aliphatic rings. The number of carbonyl (C=O) groups is 1. The predicted octanol–water partition coefficient (Wildman–Crippen LogP) is 3.43. The largest absolute Gasteiger partial charge is 0.496 e. The van der Waals surface area contributed by atoms with Crippen molar-refractivity contribution in [3.8, 4) is 28.3 Å². The van der Waals surface area contributed by atoms with Gasteiger partial charge in [-0.15, -0.1) is 0 Å². The Bertz CT molecular complexity index is 1490. The molecule has 0 atom stereocenters. The second-order valence-electron chi connectivity index (χ2n) is 7.80. The number of ether oxygens (including phenoxy) is 2. The fourth-order valence-corrected chi connectivity index (χ4v) is 3.91. The van der Waals surface area contributed by atoms with Crippen LogP contribution >= 0.6 is 0 Å². The van der Waals surface area contributed by atoms with Crippen LogP contribution in [0.3, 0.4) is 0 Å². The maximum Gasteiger partial charge on any atom is 0.263 e. The van der Waals surface area contributed by atoms with Crippen molar-refractivity contribution in [2.75, 3.05) is 19.5 Å². The predicted molar refractivity (Wildman–Crippen MR) is 128 cm³/mol. The molecule has 0 radical (unpaired) electrons. The first-order chi connectivity index (χ1) is 16.5. The van der Waals surface area contributed by atoms with E-state index >= 15 is 0 Å². The van der Waals surface area contributed by atoms with Gasteiger partial charge in [-0.2, -0.15) is 10.2 Å². The number of rotatable bonds is 6. The molecule has 2 aromatic carbocycles. The van der Waals surface area contributed by atoms with Crippen LogP contribution in [0.15, 0.2) is 61.4 Å². The first-order valence-electron chi connectivity index (χ1n) is 10.5. The summed E-state index contributed by atoms with van der Waals surface area (Å²) in [6, 6.07) is 9.63. The van der Waals surface area contributed by atoms with Crippen LogP contribution in [0.5, 0.6) is 11.5 Å². The van der Waals surface area contributed by atoms with Gasteiger partial charge >= 0.3 is 0 Å². The van der Waals surface area contributed by atoms with E-state index < -0.39 is 0 Å². The van der Waals surface area contributed by atoms with Crippen LogP contribution in [0.25, 0.3) is 27.8 Å². The number of hydrogen-bond acceptors (Lipinski definition) is 6. The molecule has 0 spiro atoms. The van der Waals surface area contributed by atoms with E-state index in [4.69, 9.17) is 9.47 Å². The van der Waals surface area contributed by atoms with E-state index in [-0.39, 0.29) is 5.91 Å². The molecule has 0 fully saturated rings. The molecule has 0 aliphatic heterocycles. The topological polar surface area (TPSA) is 101 Å². The number of nitrogens with one attached hydrogen (secondary N) is 1. The fraction of sp³-hybridized carbons (Fsp3) is 0.167. The molecular formula is C24H23N7O3. The average molecular weight is 457 g/mol. The van der Waals surface area contributed by atoms with Crippen LogP contribution in [0.1, 0.15) is 10.4 Å². The molecule has 3 heterocycles. The molecule has 34 heavy (non-hydrogen) atoms. The number of nitrogens with zero attached hydrogens (tertiary/aromatic N) is 6. The Hall–Kier alpha value is -4.60. The third kappa shape index (κ3) is 3.75. The molecule has 0 saturated heterocycles. The van der Waals surface area contributed by atoms with E-state index in [0.717, 1.165) is 27.8 Å². The van der Waals surface area contributed by atoms with Crippen LogP contribution in [0, 0.1) is 0 Å². The molecule has 0 unspecified atom stereocenters. The third-order valence-electron chi connectivity index (χ3n) is 5.54. The summed E-state index contributed by atoms with van der Waals surface area (Å²) in [4.78, 5) is 17.6. The van der Waals surface area contributed by atoms with Crippen molar-refractivity contribution >= 4 is 22.6 Å². The van der Waals surface area contributed by atoms with E-state index in [1.54, 1.807) is 47.3 Å². The summed E-state index contributed by atoms with van der Waals surface area (Å²) >= 11 is 0. The number of anilines is 1. The Balaban J connectivity index is 1.54. The average Bonchev–Trinajstić information content (AvgIpc) is 3.57. The minimum absolute atomic E-state index is 0.292. The van der Waals surface area contributed by atoms with Gasteiger partial charge in [0.05, 0.1) is 49.0 Å². The van der Waals surface area contributed by atoms with Crippen LogP contribution in [0.4, 0.5) is 5.69 Å². The molecule has 10 nitrogen and oxygen atoms in total. The van der Waals surface area contributed by atoms with Crippen molar-refractivity contribution in [3.05, 3.63) is 67.0 Å². The van der Waals surface area contributed by atoms with Gasteiger partial charge in [0.25, 0.3) is 5.91 Å². The van der Waals surface area contributed by atoms with E-state index in [1.807, 2.05) is 42.2 Å². The fourth-order valence-electron chi connectivity index (χ4n) is 3.91. The summed E-state index contributed by atoms with van der Waals surface area (Å²) in [6.07, 6.45) is 8.80. The van der Waals surface area contributed by atoms with Crippen LogP contribution < -0.4 is 14.8 Å². The summed E-state index contributed by atoms with van der Waals surface area (Å²) < 4.78 is 16.5. The Morgan fingerprint density at radius 2 is 1.62 bits per heavy atom. The van der Waals surface area contributed by atoms with Gasteiger partial charge in [0, 0.05) is 44.2 Å². The smallest absolute Gasteiger partial charge is 0.263 e. The molecule has 0 aliphatic carbocycles. The highest BCUT2D eigenvalue weighted by Gasteiger charge is 2.22. The Morgan fingerprint density at radius 3 is 2.24 bits per heavy atom. The molecule has 0 saturated carbocycles. The number of aryl methyl sites for hydroxylation is 2. The number of imidazole rings is 1.